The van der Waals surface area contributed by atoms with E-state index >= 15 is 0 Å². The highest BCUT2D eigenvalue weighted by Gasteiger charge is 2.31. The molecule has 6 nitrogen and oxygen atoms in total. The van der Waals surface area contributed by atoms with Crippen LogP contribution in [0.3, 0.4) is 0 Å². The van der Waals surface area contributed by atoms with E-state index in [1.54, 1.807) is 38.1 Å². The van der Waals surface area contributed by atoms with Gasteiger partial charge >= 0.3 is 12.2 Å². The Kier molecular flexibility index (Phi) is 6.81. The van der Waals surface area contributed by atoms with Gasteiger partial charge in [-0.15, -0.1) is 5.10 Å². The van der Waals surface area contributed by atoms with Gasteiger partial charge in [-0.3, -0.25) is 4.79 Å². The molecule has 0 spiro atoms. The van der Waals surface area contributed by atoms with E-state index in [0.29, 0.717) is 17.8 Å². The second-order valence-corrected chi connectivity index (χ2v) is 9.21. The highest BCUT2D eigenvalue weighted by molar-refractivity contribution is 5.91. The Morgan fingerprint density at radius 2 is 1.76 bits per heavy atom. The summed E-state index contributed by atoms with van der Waals surface area (Å²) in [4.78, 5) is 16.5. The third-order valence-corrected chi connectivity index (χ3v) is 4.46. The predicted octanol–water partition coefficient (Wildman–Crippen LogP) is 6.12. The molecule has 176 valence electrons. The van der Waals surface area contributed by atoms with Crippen LogP contribution in [-0.2, 0) is 11.0 Å². The van der Waals surface area contributed by atoms with Gasteiger partial charge in [-0.25, -0.2) is 4.68 Å². The van der Waals surface area contributed by atoms with Crippen molar-refractivity contribution < 1.29 is 22.7 Å². The number of rotatable bonds is 6. The molecule has 0 radical (unpaired) electrons. The molecule has 0 atom stereocenters. The number of carbonyl (C=O) groups is 1. The van der Waals surface area contributed by atoms with E-state index in [4.69, 9.17) is 4.74 Å². The van der Waals surface area contributed by atoms with Crippen molar-refractivity contribution in [3.63, 3.8) is 0 Å². The minimum Gasteiger partial charge on any atom is -0.460 e. The number of alkyl halides is 3. The van der Waals surface area contributed by atoms with E-state index < -0.39 is 11.7 Å². The lowest BCUT2D eigenvalue weighted by molar-refractivity contribution is -0.137. The lowest BCUT2D eigenvalue weighted by Gasteiger charge is -2.17. The Labute approximate surface area is 190 Å². The molecular formula is C24H27F3N4O2. The summed E-state index contributed by atoms with van der Waals surface area (Å²) in [6.07, 6.45) is -4.33. The SMILES string of the molecule is CC(C)Oc1nc(-c2cccc(C(F)(F)F)c2)n(-c2ccc(NC(=O)CC(C)(C)C)cc2)n1. The maximum absolute atomic E-state index is 13.2. The molecule has 3 rings (SSSR count). The Balaban J connectivity index is 1.96. The molecular weight excluding hydrogens is 433 g/mol. The summed E-state index contributed by atoms with van der Waals surface area (Å²) in [5.41, 5.74) is 0.489. The number of hydrogen-bond acceptors (Lipinski definition) is 4. The van der Waals surface area contributed by atoms with Crippen LogP contribution in [0.5, 0.6) is 6.01 Å². The molecule has 2 aromatic carbocycles. The minimum atomic E-state index is -4.48. The number of carbonyl (C=O) groups excluding carboxylic acids is 1. The second-order valence-electron chi connectivity index (χ2n) is 9.21. The van der Waals surface area contributed by atoms with Crippen molar-refractivity contribution in [3.8, 4) is 23.1 Å². The van der Waals surface area contributed by atoms with E-state index in [9.17, 15) is 18.0 Å². The molecule has 1 aromatic heterocycles. The summed E-state index contributed by atoms with van der Waals surface area (Å²) in [6.45, 7) is 9.55. The molecule has 3 aromatic rings. The van der Waals surface area contributed by atoms with Crippen LogP contribution < -0.4 is 10.1 Å². The smallest absolute Gasteiger partial charge is 0.416 e. The number of hydrogen-bond donors (Lipinski definition) is 1. The minimum absolute atomic E-state index is 0.0555. The van der Waals surface area contributed by atoms with Crippen molar-refractivity contribution in [1.29, 1.82) is 0 Å². The summed E-state index contributed by atoms with van der Waals surface area (Å²) in [5, 5.41) is 7.19. The summed E-state index contributed by atoms with van der Waals surface area (Å²) in [5.74, 6) is 0.106. The van der Waals surface area contributed by atoms with Gasteiger partial charge in [0.25, 0.3) is 0 Å². The van der Waals surface area contributed by atoms with E-state index in [-0.39, 0.29) is 34.8 Å². The zero-order chi connectivity index (χ0) is 24.4. The average Bonchev–Trinajstić information content (AvgIpc) is 3.09. The molecule has 1 N–H and O–H groups in total. The molecule has 1 amide bonds. The lowest BCUT2D eigenvalue weighted by Crippen LogP contribution is -2.19. The fraction of sp³-hybridized carbons (Fsp3) is 0.375. The first kappa shape index (κ1) is 24.3. The molecule has 0 saturated carbocycles. The van der Waals surface area contributed by atoms with E-state index in [1.165, 1.54) is 16.8 Å². The summed E-state index contributed by atoms with van der Waals surface area (Å²) >= 11 is 0. The number of anilines is 1. The summed E-state index contributed by atoms with van der Waals surface area (Å²) in [6, 6.07) is 11.8. The first-order valence-corrected chi connectivity index (χ1v) is 10.5. The van der Waals surface area contributed by atoms with E-state index in [1.807, 2.05) is 20.8 Å². The Morgan fingerprint density at radius 3 is 2.33 bits per heavy atom. The standard InChI is InChI=1S/C24H27F3N4O2/c1-15(2)33-22-29-21(16-7-6-8-17(13-16)24(25,26)27)31(30-22)19-11-9-18(10-12-19)28-20(32)14-23(3,4)5/h6-13,15H,14H2,1-5H3,(H,28,32). The fourth-order valence-electron chi connectivity index (χ4n) is 3.13. The number of amides is 1. The fourth-order valence-corrected chi connectivity index (χ4v) is 3.13. The van der Waals surface area contributed by atoms with Crippen molar-refractivity contribution in [2.45, 2.75) is 53.3 Å². The lowest BCUT2D eigenvalue weighted by atomic mass is 9.92. The third kappa shape index (κ3) is 6.57. The maximum atomic E-state index is 13.2. The molecule has 0 aliphatic rings. The Hall–Kier alpha value is -3.36. The molecule has 0 aliphatic carbocycles. The molecule has 33 heavy (non-hydrogen) atoms. The van der Waals surface area contributed by atoms with Crippen LogP contribution in [0, 0.1) is 5.41 Å². The van der Waals surface area contributed by atoms with Gasteiger partial charge < -0.3 is 10.1 Å². The Morgan fingerprint density at radius 1 is 1.09 bits per heavy atom. The number of ether oxygens (including phenoxy) is 1. The molecule has 1 heterocycles. The van der Waals surface area contributed by atoms with Crippen molar-refractivity contribution in [2.75, 3.05) is 5.32 Å². The quantitative estimate of drug-likeness (QED) is 0.482. The normalized spacial score (nSPS) is 12.2. The monoisotopic (exact) mass is 460 g/mol. The first-order chi connectivity index (χ1) is 15.3. The average molecular weight is 461 g/mol. The van der Waals surface area contributed by atoms with Crippen LogP contribution in [0.4, 0.5) is 18.9 Å². The van der Waals surface area contributed by atoms with Crippen LogP contribution in [0.1, 0.15) is 46.6 Å². The topological polar surface area (TPSA) is 69.0 Å². The van der Waals surface area contributed by atoms with E-state index in [2.05, 4.69) is 15.4 Å². The number of aromatic nitrogens is 3. The molecule has 0 fully saturated rings. The Bertz CT molecular complexity index is 1110. The van der Waals surface area contributed by atoms with Gasteiger partial charge in [0.1, 0.15) is 0 Å². The predicted molar refractivity (Wildman–Crippen MR) is 120 cm³/mol. The van der Waals surface area contributed by atoms with Crippen LogP contribution in [-0.4, -0.2) is 26.8 Å². The van der Waals surface area contributed by atoms with Gasteiger partial charge in [0.2, 0.25) is 5.91 Å². The van der Waals surface area contributed by atoms with Crippen molar-refractivity contribution >= 4 is 11.6 Å². The zero-order valence-electron chi connectivity index (χ0n) is 19.2. The van der Waals surface area contributed by atoms with Crippen LogP contribution in [0.25, 0.3) is 17.1 Å². The van der Waals surface area contributed by atoms with Gasteiger partial charge in [0, 0.05) is 17.7 Å². The molecule has 9 heteroatoms. The van der Waals surface area contributed by atoms with Crippen molar-refractivity contribution in [2.24, 2.45) is 5.41 Å². The van der Waals surface area contributed by atoms with Crippen molar-refractivity contribution in [3.05, 3.63) is 54.1 Å². The molecule has 0 bridgehead atoms. The van der Waals surface area contributed by atoms with Gasteiger partial charge in [0.05, 0.1) is 17.4 Å². The van der Waals surface area contributed by atoms with Gasteiger partial charge in [0.15, 0.2) is 5.82 Å². The first-order valence-electron chi connectivity index (χ1n) is 10.5. The maximum Gasteiger partial charge on any atom is 0.416 e. The van der Waals surface area contributed by atoms with E-state index in [0.717, 1.165) is 12.1 Å². The highest BCUT2D eigenvalue weighted by atomic mass is 19.4. The van der Waals surface area contributed by atoms with Crippen molar-refractivity contribution in [1.82, 2.24) is 14.8 Å². The number of nitrogens with one attached hydrogen (secondary N) is 1. The second kappa shape index (κ2) is 9.25. The third-order valence-electron chi connectivity index (χ3n) is 4.46. The summed E-state index contributed by atoms with van der Waals surface area (Å²) in [7, 11) is 0. The number of benzene rings is 2. The zero-order valence-corrected chi connectivity index (χ0v) is 19.2. The van der Waals surface area contributed by atoms with Gasteiger partial charge in [-0.1, -0.05) is 32.9 Å². The number of nitrogens with zero attached hydrogens (tertiary/aromatic N) is 3. The largest absolute Gasteiger partial charge is 0.460 e. The van der Waals surface area contributed by atoms with Crippen LogP contribution in [0.2, 0.25) is 0 Å². The summed E-state index contributed by atoms with van der Waals surface area (Å²) < 4.78 is 46.7. The molecule has 0 unspecified atom stereocenters. The molecule has 0 saturated heterocycles. The van der Waals surface area contributed by atoms with Crippen LogP contribution in [0.15, 0.2) is 48.5 Å². The van der Waals surface area contributed by atoms with Crippen LogP contribution >= 0.6 is 0 Å². The van der Waals surface area contributed by atoms with Gasteiger partial charge in [-0.05, 0) is 55.7 Å². The number of halogens is 3. The van der Waals surface area contributed by atoms with Gasteiger partial charge in [-0.2, -0.15) is 18.2 Å². The highest BCUT2D eigenvalue weighted by Crippen LogP contribution is 2.33. The molecule has 0 aliphatic heterocycles.